The van der Waals surface area contributed by atoms with Gasteiger partial charge in [0.25, 0.3) is 11.6 Å². The van der Waals surface area contributed by atoms with E-state index in [1.165, 1.54) is 23.9 Å². The molecule has 0 atom stereocenters. The SMILES string of the molecule is COc1ccc(C(=O)NCc2nnc(SCc3ccc([N+](=O)[O-])cc3)n2-c2ccccc2Cl)cc1. The van der Waals surface area contributed by atoms with Gasteiger partial charge in [-0.2, -0.15) is 0 Å². The molecule has 35 heavy (non-hydrogen) atoms. The van der Waals surface area contributed by atoms with Gasteiger partial charge in [0.05, 0.1) is 29.3 Å². The van der Waals surface area contributed by atoms with Gasteiger partial charge in [0.2, 0.25) is 0 Å². The van der Waals surface area contributed by atoms with Crippen molar-refractivity contribution >= 4 is 35.0 Å². The van der Waals surface area contributed by atoms with Crippen molar-refractivity contribution in [3.8, 4) is 11.4 Å². The van der Waals surface area contributed by atoms with Crippen LogP contribution in [-0.2, 0) is 12.3 Å². The van der Waals surface area contributed by atoms with Gasteiger partial charge in [-0.05, 0) is 42.0 Å². The Morgan fingerprint density at radius 1 is 1.09 bits per heavy atom. The maximum Gasteiger partial charge on any atom is 0.269 e. The summed E-state index contributed by atoms with van der Waals surface area (Å²) >= 11 is 7.87. The maximum absolute atomic E-state index is 12.6. The van der Waals surface area contributed by atoms with Crippen LogP contribution < -0.4 is 10.1 Å². The first-order valence-electron chi connectivity index (χ1n) is 10.4. The number of halogens is 1. The molecule has 0 saturated heterocycles. The van der Waals surface area contributed by atoms with Crippen LogP contribution in [-0.4, -0.2) is 32.7 Å². The quantitative estimate of drug-likeness (QED) is 0.190. The molecule has 4 aromatic rings. The zero-order valence-corrected chi connectivity index (χ0v) is 20.1. The Morgan fingerprint density at radius 2 is 1.80 bits per heavy atom. The van der Waals surface area contributed by atoms with Crippen molar-refractivity contribution in [2.45, 2.75) is 17.5 Å². The van der Waals surface area contributed by atoms with Crippen LogP contribution in [0.4, 0.5) is 5.69 Å². The molecule has 3 aromatic carbocycles. The number of carbonyl (C=O) groups excluding carboxylic acids is 1. The zero-order chi connectivity index (χ0) is 24.8. The van der Waals surface area contributed by atoms with Crippen molar-refractivity contribution in [2.24, 2.45) is 0 Å². The minimum absolute atomic E-state index is 0.0351. The highest BCUT2D eigenvalue weighted by molar-refractivity contribution is 7.98. The summed E-state index contributed by atoms with van der Waals surface area (Å²) in [7, 11) is 1.56. The number of benzene rings is 3. The number of hydrogen-bond acceptors (Lipinski definition) is 7. The van der Waals surface area contributed by atoms with Gasteiger partial charge in [0, 0.05) is 23.4 Å². The molecule has 178 valence electrons. The first-order valence-corrected chi connectivity index (χ1v) is 11.8. The molecule has 9 nitrogen and oxygen atoms in total. The Kier molecular flexibility index (Phi) is 7.64. The van der Waals surface area contributed by atoms with E-state index in [1.54, 1.807) is 54.1 Å². The Hall–Kier alpha value is -3.89. The van der Waals surface area contributed by atoms with Crippen LogP contribution >= 0.6 is 23.4 Å². The van der Waals surface area contributed by atoms with E-state index < -0.39 is 4.92 Å². The lowest BCUT2D eigenvalue weighted by atomic mass is 10.2. The Morgan fingerprint density at radius 3 is 2.46 bits per heavy atom. The molecule has 1 N–H and O–H groups in total. The summed E-state index contributed by atoms with van der Waals surface area (Å²) in [6.45, 7) is 0.126. The minimum atomic E-state index is -0.433. The summed E-state index contributed by atoms with van der Waals surface area (Å²) in [6, 6.07) is 20.4. The first kappa shape index (κ1) is 24.2. The van der Waals surface area contributed by atoms with Gasteiger partial charge in [-0.1, -0.05) is 47.6 Å². The Labute approximate surface area is 210 Å². The number of non-ortho nitro benzene ring substituents is 1. The number of rotatable bonds is 9. The Balaban J connectivity index is 1.54. The lowest BCUT2D eigenvalue weighted by molar-refractivity contribution is -0.384. The smallest absolute Gasteiger partial charge is 0.269 e. The second-order valence-corrected chi connectivity index (χ2v) is 8.66. The van der Waals surface area contributed by atoms with Crippen LogP contribution in [0.3, 0.4) is 0 Å². The number of nitrogens with one attached hydrogen (secondary N) is 1. The van der Waals surface area contributed by atoms with Gasteiger partial charge in [0.1, 0.15) is 5.75 Å². The molecular weight excluding hydrogens is 490 g/mol. The zero-order valence-electron chi connectivity index (χ0n) is 18.6. The van der Waals surface area contributed by atoms with E-state index in [1.807, 2.05) is 18.2 Å². The molecule has 1 heterocycles. The molecule has 0 bridgehead atoms. The highest BCUT2D eigenvalue weighted by atomic mass is 35.5. The van der Waals surface area contributed by atoms with Crippen LogP contribution in [0.25, 0.3) is 5.69 Å². The standard InChI is InChI=1S/C24H20ClN5O4S/c1-34-19-12-8-17(9-13-19)23(31)26-14-22-27-28-24(29(22)21-5-3-2-4-20(21)25)35-15-16-6-10-18(11-7-16)30(32)33/h2-13H,14-15H2,1H3,(H,26,31). The van der Waals surface area contributed by atoms with E-state index in [2.05, 4.69) is 15.5 Å². The van der Waals surface area contributed by atoms with Gasteiger partial charge in [0.15, 0.2) is 11.0 Å². The third-order valence-electron chi connectivity index (χ3n) is 5.07. The van der Waals surface area contributed by atoms with Crippen molar-refractivity contribution in [3.63, 3.8) is 0 Å². The number of hydrogen-bond donors (Lipinski definition) is 1. The van der Waals surface area contributed by atoms with Crippen molar-refractivity contribution in [1.29, 1.82) is 0 Å². The third kappa shape index (κ3) is 5.79. The fraction of sp³-hybridized carbons (Fsp3) is 0.125. The number of nitro groups is 1. The summed E-state index contributed by atoms with van der Waals surface area (Å²) in [5.74, 6) is 1.42. The third-order valence-corrected chi connectivity index (χ3v) is 6.39. The molecule has 1 amide bonds. The Bertz CT molecular complexity index is 1340. The van der Waals surface area contributed by atoms with E-state index >= 15 is 0 Å². The molecule has 11 heteroatoms. The molecule has 4 rings (SSSR count). The van der Waals surface area contributed by atoms with E-state index in [9.17, 15) is 14.9 Å². The summed E-state index contributed by atoms with van der Waals surface area (Å²) < 4.78 is 6.93. The van der Waals surface area contributed by atoms with Crippen molar-refractivity contribution < 1.29 is 14.5 Å². The normalized spacial score (nSPS) is 10.7. The van der Waals surface area contributed by atoms with Gasteiger partial charge in [-0.15, -0.1) is 10.2 Å². The second kappa shape index (κ2) is 11.0. The molecule has 0 unspecified atom stereocenters. The van der Waals surface area contributed by atoms with Crippen molar-refractivity contribution in [2.75, 3.05) is 7.11 Å². The fourth-order valence-corrected chi connectivity index (χ4v) is 4.39. The number of aromatic nitrogens is 3. The van der Waals surface area contributed by atoms with Crippen molar-refractivity contribution in [3.05, 3.63) is 105 Å². The molecule has 1 aromatic heterocycles. The highest BCUT2D eigenvalue weighted by Gasteiger charge is 2.18. The van der Waals surface area contributed by atoms with Crippen LogP contribution in [0, 0.1) is 10.1 Å². The second-order valence-electron chi connectivity index (χ2n) is 7.31. The number of ether oxygens (including phenoxy) is 1. The van der Waals surface area contributed by atoms with Crippen molar-refractivity contribution in [1.82, 2.24) is 20.1 Å². The van der Waals surface area contributed by atoms with Gasteiger partial charge >= 0.3 is 0 Å². The molecule has 0 saturated carbocycles. The molecule has 0 aliphatic carbocycles. The maximum atomic E-state index is 12.6. The number of amides is 1. The predicted molar refractivity (Wildman–Crippen MR) is 133 cm³/mol. The lowest BCUT2D eigenvalue weighted by Crippen LogP contribution is -2.24. The van der Waals surface area contributed by atoms with Crippen LogP contribution in [0.15, 0.2) is 78.0 Å². The fourth-order valence-electron chi connectivity index (χ4n) is 3.25. The van der Waals surface area contributed by atoms with Gasteiger partial charge < -0.3 is 10.1 Å². The average molecular weight is 510 g/mol. The van der Waals surface area contributed by atoms with E-state index in [0.29, 0.717) is 38.8 Å². The molecular formula is C24H20ClN5O4S. The number of para-hydroxylation sites is 1. The number of methoxy groups -OCH3 is 1. The summed E-state index contributed by atoms with van der Waals surface area (Å²) in [5, 5.41) is 23.4. The number of nitrogens with zero attached hydrogens (tertiary/aromatic N) is 4. The minimum Gasteiger partial charge on any atom is -0.497 e. The molecule has 0 aliphatic heterocycles. The van der Waals surface area contributed by atoms with E-state index in [-0.39, 0.29) is 18.1 Å². The number of thioether (sulfide) groups is 1. The average Bonchev–Trinajstić information content (AvgIpc) is 3.29. The van der Waals surface area contributed by atoms with Crippen LogP contribution in [0.5, 0.6) is 5.75 Å². The topological polar surface area (TPSA) is 112 Å². The molecule has 0 spiro atoms. The molecule has 0 radical (unpaired) electrons. The summed E-state index contributed by atoms with van der Waals surface area (Å²) in [6.07, 6.45) is 0. The number of nitro benzene ring substituents is 1. The molecule has 0 fully saturated rings. The highest BCUT2D eigenvalue weighted by Crippen LogP contribution is 2.29. The first-order chi connectivity index (χ1) is 17.0. The van der Waals surface area contributed by atoms with E-state index in [4.69, 9.17) is 16.3 Å². The number of carbonyl (C=O) groups is 1. The predicted octanol–water partition coefficient (Wildman–Crippen LogP) is 5.06. The summed E-state index contributed by atoms with van der Waals surface area (Å²) in [5.41, 5.74) is 2.10. The largest absolute Gasteiger partial charge is 0.497 e. The summed E-state index contributed by atoms with van der Waals surface area (Å²) in [4.78, 5) is 23.1. The van der Waals surface area contributed by atoms with Crippen LogP contribution in [0.1, 0.15) is 21.7 Å². The van der Waals surface area contributed by atoms with E-state index in [0.717, 1.165) is 5.56 Å². The monoisotopic (exact) mass is 509 g/mol. The van der Waals surface area contributed by atoms with Gasteiger partial charge in [-0.3, -0.25) is 19.5 Å². The lowest BCUT2D eigenvalue weighted by Gasteiger charge is -2.12. The van der Waals surface area contributed by atoms with Gasteiger partial charge in [-0.25, -0.2) is 0 Å². The van der Waals surface area contributed by atoms with Crippen LogP contribution in [0.2, 0.25) is 5.02 Å². The molecule has 0 aliphatic rings.